The van der Waals surface area contributed by atoms with Gasteiger partial charge >= 0.3 is 5.97 Å². The Morgan fingerprint density at radius 1 is 0.494 bits per heavy atom. The second kappa shape index (κ2) is 56.1. The van der Waals surface area contributed by atoms with Crippen LogP contribution in [0.15, 0.2) is 48.6 Å². The van der Waals surface area contributed by atoms with Crippen molar-refractivity contribution in [3.63, 3.8) is 0 Å². The average Bonchev–Trinajstić information content (AvgIpc) is 3.44. The summed E-state index contributed by atoms with van der Waals surface area (Å²) in [7, 11) is 0. The number of amides is 1. The van der Waals surface area contributed by atoms with Crippen LogP contribution in [0.1, 0.15) is 310 Å². The number of allylic oxidation sites excluding steroid dienone is 7. The van der Waals surface area contributed by atoms with E-state index in [1.807, 2.05) is 6.08 Å². The summed E-state index contributed by atoms with van der Waals surface area (Å²) in [5.74, 6) is -1.19. The van der Waals surface area contributed by atoms with Gasteiger partial charge in [-0.05, 0) is 64.2 Å². The molecule has 8 unspecified atom stereocenters. The maximum Gasteiger partial charge on any atom is 0.306 e. The summed E-state index contributed by atoms with van der Waals surface area (Å²) in [6, 6.07) is -1.02. The van der Waals surface area contributed by atoms with Crippen molar-refractivity contribution in [2.24, 2.45) is 0 Å². The molecule has 1 saturated heterocycles. The van der Waals surface area contributed by atoms with Gasteiger partial charge in [0.2, 0.25) is 5.91 Å². The van der Waals surface area contributed by atoms with Crippen LogP contribution in [0, 0.1) is 0 Å². The Morgan fingerprint density at radius 2 is 0.873 bits per heavy atom. The Labute approximate surface area is 485 Å². The number of hydrogen-bond acceptors (Lipinski definition) is 10. The largest absolute Gasteiger partial charge is 0.454 e. The van der Waals surface area contributed by atoms with Crippen LogP contribution in [0.3, 0.4) is 0 Å². The molecular weight excluding hydrogens is 991 g/mol. The van der Waals surface area contributed by atoms with Gasteiger partial charge in [-0.15, -0.1) is 0 Å². The van der Waals surface area contributed by atoms with Crippen molar-refractivity contribution in [2.45, 2.75) is 359 Å². The fourth-order valence-corrected chi connectivity index (χ4v) is 10.4. The van der Waals surface area contributed by atoms with Crippen LogP contribution in [0.25, 0.3) is 0 Å². The number of carbonyl (C=O) groups is 2. The van der Waals surface area contributed by atoms with Crippen molar-refractivity contribution < 1.29 is 49.3 Å². The highest BCUT2D eigenvalue weighted by Gasteiger charge is 2.47. The minimum atomic E-state index is -1.61. The second-order valence-electron chi connectivity index (χ2n) is 23.2. The predicted molar refractivity (Wildman–Crippen MR) is 329 cm³/mol. The number of aliphatic hydroxyl groups is 5. The molecule has 6 N–H and O–H groups in total. The maximum atomic E-state index is 13.4. The normalized spacial score (nSPS) is 19.1. The topological polar surface area (TPSA) is 175 Å². The summed E-state index contributed by atoms with van der Waals surface area (Å²) < 4.78 is 17.6. The number of aliphatic hydroxyl groups excluding tert-OH is 5. The lowest BCUT2D eigenvalue weighted by Crippen LogP contribution is -2.61. The Hall–Kier alpha value is -2.38. The Kier molecular flexibility index (Phi) is 53.0. The third-order valence-corrected chi connectivity index (χ3v) is 15.7. The molecule has 0 aromatic rings. The van der Waals surface area contributed by atoms with Gasteiger partial charge in [-0.3, -0.25) is 9.59 Å². The van der Waals surface area contributed by atoms with Crippen LogP contribution in [0.2, 0.25) is 0 Å². The lowest BCUT2D eigenvalue weighted by atomic mass is 9.99. The Morgan fingerprint density at radius 3 is 1.33 bits per heavy atom. The van der Waals surface area contributed by atoms with Crippen molar-refractivity contribution in [1.82, 2.24) is 5.32 Å². The van der Waals surface area contributed by atoms with Gasteiger partial charge in [0.15, 0.2) is 12.4 Å². The van der Waals surface area contributed by atoms with Gasteiger partial charge in [0.25, 0.3) is 0 Å². The third kappa shape index (κ3) is 43.9. The smallest absolute Gasteiger partial charge is 0.306 e. The van der Waals surface area contributed by atoms with E-state index < -0.39 is 67.4 Å². The van der Waals surface area contributed by atoms with E-state index >= 15 is 0 Å². The number of unbranched alkanes of at least 4 members (excludes halogenated alkanes) is 37. The average molecular weight is 1120 g/mol. The first-order valence-electron chi connectivity index (χ1n) is 33.4. The van der Waals surface area contributed by atoms with E-state index in [4.69, 9.17) is 14.2 Å². The minimum Gasteiger partial charge on any atom is -0.454 e. The first kappa shape index (κ1) is 74.6. The number of ether oxygens (including phenoxy) is 3. The molecule has 0 radical (unpaired) electrons. The summed E-state index contributed by atoms with van der Waals surface area (Å²) in [6.07, 6.45) is 58.7. The van der Waals surface area contributed by atoms with E-state index in [0.717, 1.165) is 70.6 Å². The fourth-order valence-electron chi connectivity index (χ4n) is 10.4. The molecule has 1 amide bonds. The fraction of sp³-hybridized carbons (Fsp3) is 0.853. The zero-order valence-electron chi connectivity index (χ0n) is 51.2. The first-order valence-corrected chi connectivity index (χ1v) is 33.4. The Bertz CT molecular complexity index is 1470. The molecule has 0 aliphatic carbocycles. The molecule has 1 rings (SSSR count). The Balaban J connectivity index is 2.55. The SMILES string of the molecule is CCCCC/C=C\C/C=C\C/C=C\CCCCCCCCCCCCCCCC(O)C(=O)NC(COC1OC(CO)C(O)C(O)C1OC(=O)CCCCCCCCCCCCCCC)C(O)/C=C/CCCCCCCCCCC. The zero-order chi connectivity index (χ0) is 57.5. The van der Waals surface area contributed by atoms with Crippen LogP contribution in [-0.2, 0) is 23.8 Å². The van der Waals surface area contributed by atoms with Gasteiger partial charge in [-0.2, -0.15) is 0 Å². The molecule has 1 fully saturated rings. The van der Waals surface area contributed by atoms with Crippen LogP contribution in [-0.4, -0.2) is 99.6 Å². The van der Waals surface area contributed by atoms with Crippen molar-refractivity contribution in [1.29, 1.82) is 0 Å². The monoisotopic (exact) mass is 1120 g/mol. The van der Waals surface area contributed by atoms with Gasteiger partial charge in [-0.1, -0.05) is 288 Å². The molecule has 0 aromatic carbocycles. The molecular formula is C68H125NO10. The minimum absolute atomic E-state index is 0.128. The standard InChI is InChI=1S/C68H125NO10/c1-4-7-10-13-16-19-22-24-25-26-27-28-29-30-31-32-33-34-35-36-38-40-43-46-49-52-55-61(72)67(76)69-59(60(71)54-51-48-45-42-39-21-18-15-12-9-6-3)58-77-68-66(65(75)64(74)62(57-70)78-68)79-63(73)56-53-50-47-44-41-37-23-20-17-14-11-8-5-2/h16,19,24-25,27-28,51,54,59-62,64-66,68,70-72,74-75H,4-15,17-18,20-23,26,29-50,52-53,55-58H2,1-3H3,(H,69,76)/b19-16-,25-24-,28-27-,54-51+. The van der Waals surface area contributed by atoms with Gasteiger partial charge in [0.1, 0.15) is 24.4 Å². The summed E-state index contributed by atoms with van der Waals surface area (Å²) in [5.41, 5.74) is 0. The van der Waals surface area contributed by atoms with Crippen LogP contribution >= 0.6 is 0 Å². The van der Waals surface area contributed by atoms with Gasteiger partial charge in [0.05, 0.1) is 25.4 Å². The van der Waals surface area contributed by atoms with E-state index in [1.165, 1.54) is 193 Å². The predicted octanol–water partition coefficient (Wildman–Crippen LogP) is 16.4. The number of nitrogens with one attached hydrogen (secondary N) is 1. The second-order valence-corrected chi connectivity index (χ2v) is 23.2. The van der Waals surface area contributed by atoms with Gasteiger partial charge < -0.3 is 45.1 Å². The highest BCUT2D eigenvalue weighted by molar-refractivity contribution is 5.80. The first-order chi connectivity index (χ1) is 38.7. The summed E-state index contributed by atoms with van der Waals surface area (Å²) in [4.78, 5) is 26.5. The van der Waals surface area contributed by atoms with Gasteiger partial charge in [0, 0.05) is 6.42 Å². The number of carbonyl (C=O) groups excluding carboxylic acids is 2. The molecule has 0 aromatic heterocycles. The molecule has 0 spiro atoms. The van der Waals surface area contributed by atoms with Crippen LogP contribution in [0.4, 0.5) is 0 Å². The number of rotatable bonds is 57. The molecule has 0 saturated carbocycles. The number of esters is 1. The summed E-state index contributed by atoms with van der Waals surface area (Å²) >= 11 is 0. The van der Waals surface area contributed by atoms with E-state index in [1.54, 1.807) is 6.08 Å². The summed E-state index contributed by atoms with van der Waals surface area (Å²) in [6.45, 7) is 5.77. The molecule has 462 valence electrons. The van der Waals surface area contributed by atoms with E-state index in [-0.39, 0.29) is 13.0 Å². The maximum absolute atomic E-state index is 13.4. The highest BCUT2D eigenvalue weighted by Crippen LogP contribution is 2.26. The van der Waals surface area contributed by atoms with Crippen molar-refractivity contribution in [2.75, 3.05) is 13.2 Å². The quantitative estimate of drug-likeness (QED) is 0.0195. The zero-order valence-corrected chi connectivity index (χ0v) is 51.2. The molecule has 11 heteroatoms. The molecule has 1 aliphatic heterocycles. The molecule has 79 heavy (non-hydrogen) atoms. The van der Waals surface area contributed by atoms with E-state index in [9.17, 15) is 35.1 Å². The summed E-state index contributed by atoms with van der Waals surface area (Å²) in [5, 5.41) is 57.0. The van der Waals surface area contributed by atoms with Crippen LogP contribution in [0.5, 0.6) is 0 Å². The molecule has 1 aliphatic rings. The van der Waals surface area contributed by atoms with E-state index in [0.29, 0.717) is 19.3 Å². The molecule has 1 heterocycles. The molecule has 11 nitrogen and oxygen atoms in total. The van der Waals surface area contributed by atoms with Crippen LogP contribution < -0.4 is 5.32 Å². The number of hydrogen-bond donors (Lipinski definition) is 6. The highest BCUT2D eigenvalue weighted by atomic mass is 16.7. The van der Waals surface area contributed by atoms with Crippen molar-refractivity contribution in [3.8, 4) is 0 Å². The molecule has 8 atom stereocenters. The van der Waals surface area contributed by atoms with Crippen molar-refractivity contribution >= 4 is 11.9 Å². The third-order valence-electron chi connectivity index (χ3n) is 15.7. The van der Waals surface area contributed by atoms with E-state index in [2.05, 4.69) is 62.5 Å². The lowest BCUT2D eigenvalue weighted by molar-refractivity contribution is -0.305. The molecule has 0 bridgehead atoms. The lowest BCUT2D eigenvalue weighted by Gasteiger charge is -2.41. The van der Waals surface area contributed by atoms with Gasteiger partial charge in [-0.25, -0.2) is 0 Å². The van der Waals surface area contributed by atoms with Crippen molar-refractivity contribution in [3.05, 3.63) is 48.6 Å².